The Morgan fingerprint density at radius 1 is 1.35 bits per heavy atom. The molecule has 2 nitrogen and oxygen atoms in total. The van der Waals surface area contributed by atoms with E-state index in [1.54, 1.807) is 0 Å². The van der Waals surface area contributed by atoms with Crippen molar-refractivity contribution in [1.29, 1.82) is 0 Å². The van der Waals surface area contributed by atoms with E-state index in [9.17, 15) is 0 Å². The standard InChI is InChI=1S/C16H16BrNOS/c1-9-15(10-3-2-4-11(17)7-10)18-16(20-9)13-8-12-5-6-14(13)19-12/h2-4,7,12-14H,5-6,8H2,1H3. The van der Waals surface area contributed by atoms with Crippen molar-refractivity contribution in [3.05, 3.63) is 38.6 Å². The Hall–Kier alpha value is -0.710. The summed E-state index contributed by atoms with van der Waals surface area (Å²) in [6, 6.07) is 8.39. The lowest BCUT2D eigenvalue weighted by Gasteiger charge is -2.15. The molecule has 0 spiro atoms. The monoisotopic (exact) mass is 349 g/mol. The predicted octanol–water partition coefficient (Wildman–Crippen LogP) is 4.92. The van der Waals surface area contributed by atoms with Crippen molar-refractivity contribution in [2.24, 2.45) is 0 Å². The summed E-state index contributed by atoms with van der Waals surface area (Å²) in [7, 11) is 0. The molecule has 4 heteroatoms. The molecule has 3 atom stereocenters. The number of benzene rings is 1. The van der Waals surface area contributed by atoms with Crippen LogP contribution in [0.1, 0.15) is 35.1 Å². The molecule has 4 rings (SSSR count). The fourth-order valence-corrected chi connectivity index (χ4v) is 4.89. The van der Waals surface area contributed by atoms with Gasteiger partial charge in [-0.05, 0) is 38.3 Å². The van der Waals surface area contributed by atoms with Crippen LogP contribution in [0.3, 0.4) is 0 Å². The van der Waals surface area contributed by atoms with Gasteiger partial charge in [-0.15, -0.1) is 11.3 Å². The second-order valence-corrected chi connectivity index (χ2v) is 7.83. The molecule has 3 heterocycles. The van der Waals surface area contributed by atoms with E-state index in [4.69, 9.17) is 9.72 Å². The zero-order valence-corrected chi connectivity index (χ0v) is 13.7. The first-order valence-electron chi connectivity index (χ1n) is 7.09. The number of aromatic nitrogens is 1. The van der Waals surface area contributed by atoms with Crippen molar-refractivity contribution in [3.8, 4) is 11.3 Å². The van der Waals surface area contributed by atoms with E-state index in [2.05, 4.69) is 47.1 Å². The highest BCUT2D eigenvalue weighted by atomic mass is 79.9. The summed E-state index contributed by atoms with van der Waals surface area (Å²) in [6.07, 6.45) is 4.52. The topological polar surface area (TPSA) is 22.1 Å². The minimum absolute atomic E-state index is 0.418. The van der Waals surface area contributed by atoms with Crippen molar-refractivity contribution in [1.82, 2.24) is 4.98 Å². The van der Waals surface area contributed by atoms with Crippen LogP contribution in [0.4, 0.5) is 0 Å². The van der Waals surface area contributed by atoms with Crippen LogP contribution in [0.25, 0.3) is 11.3 Å². The highest BCUT2D eigenvalue weighted by Gasteiger charge is 2.43. The first-order valence-corrected chi connectivity index (χ1v) is 8.70. The van der Waals surface area contributed by atoms with Crippen molar-refractivity contribution < 1.29 is 4.74 Å². The van der Waals surface area contributed by atoms with E-state index in [0.29, 0.717) is 18.1 Å². The molecule has 0 radical (unpaired) electrons. The SMILES string of the molecule is Cc1sc(C2CC3CCC2O3)nc1-c1cccc(Br)c1. The maximum Gasteiger partial charge on any atom is 0.0993 e. The normalized spacial score (nSPS) is 28.2. The average Bonchev–Trinajstić information content (AvgIpc) is 3.12. The number of nitrogens with zero attached hydrogens (tertiary/aromatic N) is 1. The van der Waals surface area contributed by atoms with Gasteiger partial charge in [0.25, 0.3) is 0 Å². The molecular formula is C16H16BrNOS. The number of rotatable bonds is 2. The lowest BCUT2D eigenvalue weighted by molar-refractivity contribution is 0.101. The van der Waals surface area contributed by atoms with E-state index in [1.165, 1.54) is 28.3 Å². The Balaban J connectivity index is 1.69. The first kappa shape index (κ1) is 13.0. The Morgan fingerprint density at radius 2 is 2.25 bits per heavy atom. The number of halogens is 1. The lowest BCUT2D eigenvalue weighted by atomic mass is 9.90. The summed E-state index contributed by atoms with van der Waals surface area (Å²) < 4.78 is 7.08. The van der Waals surface area contributed by atoms with Crippen LogP contribution in [0.2, 0.25) is 0 Å². The minimum Gasteiger partial charge on any atom is -0.374 e. The van der Waals surface area contributed by atoms with Gasteiger partial charge in [0.15, 0.2) is 0 Å². The van der Waals surface area contributed by atoms with E-state index >= 15 is 0 Å². The zero-order chi connectivity index (χ0) is 13.7. The third-order valence-electron chi connectivity index (χ3n) is 4.33. The number of fused-ring (bicyclic) bond motifs is 2. The van der Waals surface area contributed by atoms with Crippen LogP contribution in [-0.2, 0) is 4.74 Å². The second-order valence-electron chi connectivity index (χ2n) is 5.68. The third kappa shape index (κ3) is 2.14. The quantitative estimate of drug-likeness (QED) is 0.767. The van der Waals surface area contributed by atoms with Crippen molar-refractivity contribution >= 4 is 27.3 Å². The molecule has 2 bridgehead atoms. The molecule has 0 aliphatic carbocycles. The largest absolute Gasteiger partial charge is 0.374 e. The summed E-state index contributed by atoms with van der Waals surface area (Å²) in [6.45, 7) is 2.17. The van der Waals surface area contributed by atoms with Crippen LogP contribution in [0, 0.1) is 6.92 Å². The molecular weight excluding hydrogens is 334 g/mol. The van der Waals surface area contributed by atoms with E-state index in [-0.39, 0.29) is 0 Å². The molecule has 2 saturated heterocycles. The van der Waals surface area contributed by atoms with Crippen LogP contribution in [-0.4, -0.2) is 17.2 Å². The summed E-state index contributed by atoms with van der Waals surface area (Å²) in [4.78, 5) is 6.25. The van der Waals surface area contributed by atoms with Gasteiger partial charge in [0.2, 0.25) is 0 Å². The molecule has 0 amide bonds. The number of ether oxygens (including phenoxy) is 1. The fourth-order valence-electron chi connectivity index (χ4n) is 3.38. The number of aryl methyl sites for hydroxylation is 1. The Bertz CT molecular complexity index is 654. The zero-order valence-electron chi connectivity index (χ0n) is 11.3. The van der Waals surface area contributed by atoms with Gasteiger partial charge >= 0.3 is 0 Å². The highest BCUT2D eigenvalue weighted by Crippen LogP contribution is 2.46. The van der Waals surface area contributed by atoms with Crippen LogP contribution >= 0.6 is 27.3 Å². The summed E-state index contributed by atoms with van der Waals surface area (Å²) >= 11 is 5.38. The van der Waals surface area contributed by atoms with Gasteiger partial charge in [-0.3, -0.25) is 0 Å². The molecule has 2 fully saturated rings. The molecule has 2 aliphatic heterocycles. The average molecular weight is 350 g/mol. The van der Waals surface area contributed by atoms with Gasteiger partial charge in [-0.25, -0.2) is 4.98 Å². The predicted molar refractivity (Wildman–Crippen MR) is 85.2 cm³/mol. The first-order chi connectivity index (χ1) is 9.70. The minimum atomic E-state index is 0.418. The van der Waals surface area contributed by atoms with Gasteiger partial charge in [-0.2, -0.15) is 0 Å². The van der Waals surface area contributed by atoms with Crippen LogP contribution < -0.4 is 0 Å². The van der Waals surface area contributed by atoms with E-state index in [0.717, 1.165) is 16.6 Å². The summed E-state index contributed by atoms with van der Waals surface area (Å²) in [5.41, 5.74) is 2.33. The molecule has 2 aromatic rings. The summed E-state index contributed by atoms with van der Waals surface area (Å²) in [5.74, 6) is 0.526. The molecule has 1 aromatic heterocycles. The van der Waals surface area contributed by atoms with Crippen molar-refractivity contribution in [2.75, 3.05) is 0 Å². The molecule has 2 aliphatic rings. The van der Waals surface area contributed by atoms with Gasteiger partial charge in [-0.1, -0.05) is 28.1 Å². The maximum absolute atomic E-state index is 5.97. The summed E-state index contributed by atoms with van der Waals surface area (Å²) in [5, 5.41) is 1.27. The smallest absolute Gasteiger partial charge is 0.0993 e. The fraction of sp³-hybridized carbons (Fsp3) is 0.438. The van der Waals surface area contributed by atoms with Gasteiger partial charge in [0, 0.05) is 20.8 Å². The Labute approximate surface area is 131 Å². The molecule has 3 unspecified atom stereocenters. The van der Waals surface area contributed by atoms with E-state index < -0.39 is 0 Å². The number of thiazole rings is 1. The Morgan fingerprint density at radius 3 is 2.95 bits per heavy atom. The molecule has 20 heavy (non-hydrogen) atoms. The van der Waals surface area contributed by atoms with Gasteiger partial charge in [0.05, 0.1) is 22.9 Å². The van der Waals surface area contributed by atoms with Crippen LogP contribution in [0.5, 0.6) is 0 Å². The van der Waals surface area contributed by atoms with Crippen LogP contribution in [0.15, 0.2) is 28.7 Å². The van der Waals surface area contributed by atoms with Gasteiger partial charge in [0.1, 0.15) is 0 Å². The van der Waals surface area contributed by atoms with Crippen molar-refractivity contribution in [3.63, 3.8) is 0 Å². The maximum atomic E-state index is 5.97. The lowest BCUT2D eigenvalue weighted by Crippen LogP contribution is -2.13. The van der Waals surface area contributed by atoms with Gasteiger partial charge < -0.3 is 4.74 Å². The molecule has 104 valence electrons. The third-order valence-corrected chi connectivity index (χ3v) is 5.93. The molecule has 0 N–H and O–H groups in total. The number of hydrogen-bond donors (Lipinski definition) is 0. The number of hydrogen-bond acceptors (Lipinski definition) is 3. The molecule has 1 aromatic carbocycles. The highest BCUT2D eigenvalue weighted by molar-refractivity contribution is 9.10. The Kier molecular flexibility index (Phi) is 3.20. The van der Waals surface area contributed by atoms with Crippen molar-refractivity contribution in [2.45, 2.75) is 44.3 Å². The molecule has 0 saturated carbocycles. The second kappa shape index (κ2) is 4.93. The van der Waals surface area contributed by atoms with E-state index in [1.807, 2.05) is 11.3 Å².